The van der Waals surface area contributed by atoms with Crippen molar-refractivity contribution in [2.45, 2.75) is 20.0 Å². The molecule has 2 aromatic carbocycles. The number of benzene rings is 2. The average molecular weight is 488 g/mol. The Labute approximate surface area is 200 Å². The van der Waals surface area contributed by atoms with E-state index in [2.05, 4.69) is 10.4 Å². The number of esters is 1. The smallest absolute Gasteiger partial charge is 0.331 e. The van der Waals surface area contributed by atoms with Crippen LogP contribution in [0.15, 0.2) is 48.5 Å². The monoisotopic (exact) mass is 487 g/mol. The Bertz CT molecular complexity index is 1220. The molecular formula is C24H23ClFN3O5. The zero-order valence-electron chi connectivity index (χ0n) is 19.0. The number of amides is 1. The SMILES string of the molecule is COc1ccc(OC)c(NC(=O)C(C)OC(=O)/C=C/c2c(C)nn(-c3ccc(F)cc3)c2Cl)c1. The van der Waals surface area contributed by atoms with Crippen LogP contribution < -0.4 is 14.8 Å². The number of aromatic nitrogens is 2. The molecule has 0 fully saturated rings. The third kappa shape index (κ3) is 5.74. The fourth-order valence-corrected chi connectivity index (χ4v) is 3.35. The molecule has 3 rings (SSSR count). The summed E-state index contributed by atoms with van der Waals surface area (Å²) in [6, 6.07) is 10.6. The number of methoxy groups -OCH3 is 2. The molecule has 1 amide bonds. The summed E-state index contributed by atoms with van der Waals surface area (Å²) in [5.41, 5.74) is 1.98. The second-order valence-corrected chi connectivity index (χ2v) is 7.50. The fraction of sp³-hybridized carbons (Fsp3) is 0.208. The van der Waals surface area contributed by atoms with Crippen molar-refractivity contribution >= 4 is 35.2 Å². The van der Waals surface area contributed by atoms with Crippen molar-refractivity contribution in [3.8, 4) is 17.2 Å². The van der Waals surface area contributed by atoms with E-state index < -0.39 is 18.0 Å². The average Bonchev–Trinajstić information content (AvgIpc) is 3.11. The Kier molecular flexibility index (Phi) is 7.91. The highest BCUT2D eigenvalue weighted by atomic mass is 35.5. The third-order valence-corrected chi connectivity index (χ3v) is 5.20. The predicted molar refractivity (Wildman–Crippen MR) is 126 cm³/mol. The summed E-state index contributed by atoms with van der Waals surface area (Å²) in [5.74, 6) is -0.723. The van der Waals surface area contributed by atoms with E-state index in [1.165, 1.54) is 56.2 Å². The Morgan fingerprint density at radius 2 is 1.85 bits per heavy atom. The molecule has 0 bridgehead atoms. The van der Waals surface area contributed by atoms with Crippen molar-refractivity contribution in [3.63, 3.8) is 0 Å². The van der Waals surface area contributed by atoms with E-state index in [-0.39, 0.29) is 11.0 Å². The minimum Gasteiger partial charge on any atom is -0.497 e. The van der Waals surface area contributed by atoms with Gasteiger partial charge in [0.25, 0.3) is 5.91 Å². The maximum absolute atomic E-state index is 13.2. The van der Waals surface area contributed by atoms with E-state index in [0.717, 1.165) is 6.08 Å². The van der Waals surface area contributed by atoms with Gasteiger partial charge in [0.2, 0.25) is 0 Å². The lowest BCUT2D eigenvalue weighted by atomic mass is 10.2. The highest BCUT2D eigenvalue weighted by Gasteiger charge is 2.19. The fourth-order valence-electron chi connectivity index (χ4n) is 3.02. The molecule has 0 saturated carbocycles. The van der Waals surface area contributed by atoms with Crippen LogP contribution in [0, 0.1) is 12.7 Å². The number of hydrogen-bond donors (Lipinski definition) is 1. The number of nitrogens with zero attached hydrogens (tertiary/aromatic N) is 2. The Balaban J connectivity index is 1.67. The molecule has 0 radical (unpaired) electrons. The first-order valence-corrected chi connectivity index (χ1v) is 10.5. The molecule has 0 saturated heterocycles. The molecule has 1 unspecified atom stereocenters. The quantitative estimate of drug-likeness (QED) is 0.369. The minimum absolute atomic E-state index is 0.240. The predicted octanol–water partition coefficient (Wildman–Crippen LogP) is 4.57. The highest BCUT2D eigenvalue weighted by Crippen LogP contribution is 2.29. The number of aryl methyl sites for hydroxylation is 1. The zero-order chi connectivity index (χ0) is 24.8. The van der Waals surface area contributed by atoms with Gasteiger partial charge in [-0.25, -0.2) is 13.9 Å². The highest BCUT2D eigenvalue weighted by molar-refractivity contribution is 6.31. The summed E-state index contributed by atoms with van der Waals surface area (Å²) in [4.78, 5) is 24.8. The molecule has 1 heterocycles. The van der Waals surface area contributed by atoms with Crippen molar-refractivity contribution in [3.05, 3.63) is 70.8 Å². The van der Waals surface area contributed by atoms with Crippen LogP contribution in [0.5, 0.6) is 11.5 Å². The molecule has 1 atom stereocenters. The summed E-state index contributed by atoms with van der Waals surface area (Å²) in [6.07, 6.45) is 1.51. The van der Waals surface area contributed by atoms with Crippen LogP contribution in [-0.2, 0) is 14.3 Å². The number of carbonyl (C=O) groups is 2. The molecule has 34 heavy (non-hydrogen) atoms. The molecular weight excluding hydrogens is 465 g/mol. The molecule has 1 N–H and O–H groups in total. The molecule has 0 aliphatic rings. The molecule has 0 spiro atoms. The van der Waals surface area contributed by atoms with Crippen molar-refractivity contribution in [2.24, 2.45) is 0 Å². The van der Waals surface area contributed by atoms with E-state index in [1.54, 1.807) is 25.1 Å². The van der Waals surface area contributed by atoms with E-state index in [1.807, 2.05) is 0 Å². The molecule has 10 heteroatoms. The molecule has 178 valence electrons. The van der Waals surface area contributed by atoms with Gasteiger partial charge in [0, 0.05) is 17.7 Å². The second-order valence-electron chi connectivity index (χ2n) is 7.15. The van der Waals surface area contributed by atoms with Gasteiger partial charge in [-0.2, -0.15) is 5.10 Å². The molecule has 1 aromatic heterocycles. The van der Waals surface area contributed by atoms with Crippen LogP contribution in [0.25, 0.3) is 11.8 Å². The number of nitrogens with one attached hydrogen (secondary N) is 1. The largest absolute Gasteiger partial charge is 0.497 e. The van der Waals surface area contributed by atoms with Gasteiger partial charge in [0.05, 0.1) is 31.3 Å². The van der Waals surface area contributed by atoms with Crippen LogP contribution in [-0.4, -0.2) is 42.0 Å². The molecule has 3 aromatic rings. The van der Waals surface area contributed by atoms with Gasteiger partial charge in [0.1, 0.15) is 22.5 Å². The van der Waals surface area contributed by atoms with Crippen molar-refractivity contribution in [1.82, 2.24) is 9.78 Å². The van der Waals surface area contributed by atoms with Crippen LogP contribution in [0.3, 0.4) is 0 Å². The van der Waals surface area contributed by atoms with Crippen LogP contribution >= 0.6 is 11.6 Å². The lowest BCUT2D eigenvalue weighted by molar-refractivity contribution is -0.148. The van der Waals surface area contributed by atoms with Gasteiger partial charge >= 0.3 is 5.97 Å². The normalized spacial score (nSPS) is 11.8. The Hall–Kier alpha value is -3.85. The Morgan fingerprint density at radius 3 is 2.50 bits per heavy atom. The number of halogens is 2. The maximum atomic E-state index is 13.2. The molecule has 0 aliphatic heterocycles. The number of carbonyl (C=O) groups excluding carboxylic acids is 2. The van der Waals surface area contributed by atoms with Crippen molar-refractivity contribution in [1.29, 1.82) is 0 Å². The van der Waals surface area contributed by atoms with Gasteiger partial charge in [0.15, 0.2) is 6.10 Å². The number of hydrogen-bond acceptors (Lipinski definition) is 6. The van der Waals surface area contributed by atoms with Gasteiger partial charge in [-0.1, -0.05) is 11.6 Å². The second kappa shape index (κ2) is 10.8. The number of rotatable bonds is 8. The van der Waals surface area contributed by atoms with Gasteiger partial charge in [-0.3, -0.25) is 4.79 Å². The Morgan fingerprint density at radius 1 is 1.15 bits per heavy atom. The van der Waals surface area contributed by atoms with E-state index in [4.69, 9.17) is 25.8 Å². The maximum Gasteiger partial charge on any atom is 0.331 e. The first-order valence-electron chi connectivity index (χ1n) is 10.2. The third-order valence-electron chi connectivity index (χ3n) is 4.83. The first kappa shape index (κ1) is 24.8. The van der Waals surface area contributed by atoms with Gasteiger partial charge in [-0.05, 0) is 56.3 Å². The van der Waals surface area contributed by atoms with E-state index in [0.29, 0.717) is 34.1 Å². The zero-order valence-corrected chi connectivity index (χ0v) is 19.7. The van der Waals surface area contributed by atoms with Gasteiger partial charge in [-0.15, -0.1) is 0 Å². The standard InChI is InChI=1S/C24H23ClFN3O5/c1-14-19(23(25)29(28-14)17-7-5-16(26)6-8-17)10-12-22(30)34-15(2)24(31)27-20-13-18(32-3)9-11-21(20)33-4/h5-13,15H,1-4H3,(H,27,31)/b12-10+. The van der Waals surface area contributed by atoms with Crippen molar-refractivity contribution < 1.29 is 28.2 Å². The minimum atomic E-state index is -1.09. The van der Waals surface area contributed by atoms with Gasteiger partial charge < -0.3 is 19.5 Å². The van der Waals surface area contributed by atoms with Crippen LogP contribution in [0.2, 0.25) is 5.15 Å². The first-order chi connectivity index (χ1) is 16.2. The summed E-state index contributed by atoms with van der Waals surface area (Å²) >= 11 is 6.40. The van der Waals surface area contributed by atoms with Crippen molar-refractivity contribution in [2.75, 3.05) is 19.5 Å². The summed E-state index contributed by atoms with van der Waals surface area (Å²) in [6.45, 7) is 3.16. The number of ether oxygens (including phenoxy) is 3. The van der Waals surface area contributed by atoms with E-state index >= 15 is 0 Å². The van der Waals surface area contributed by atoms with E-state index in [9.17, 15) is 14.0 Å². The summed E-state index contributed by atoms with van der Waals surface area (Å²) in [5, 5.41) is 7.22. The number of anilines is 1. The molecule has 8 nitrogen and oxygen atoms in total. The van der Waals surface area contributed by atoms with Crippen LogP contribution in [0.1, 0.15) is 18.2 Å². The van der Waals surface area contributed by atoms with Crippen LogP contribution in [0.4, 0.5) is 10.1 Å². The lowest BCUT2D eigenvalue weighted by Gasteiger charge is -2.15. The summed E-state index contributed by atoms with van der Waals surface area (Å²) in [7, 11) is 2.97. The molecule has 0 aliphatic carbocycles. The lowest BCUT2D eigenvalue weighted by Crippen LogP contribution is -2.29. The summed E-state index contributed by atoms with van der Waals surface area (Å²) < 4.78 is 30.2. The topological polar surface area (TPSA) is 91.7 Å².